The molecule has 86 valence electrons. The minimum absolute atomic E-state index is 0.0745. The fourth-order valence-electron chi connectivity index (χ4n) is 1.03. The van der Waals surface area contributed by atoms with Crippen LogP contribution in [0.4, 0.5) is 5.82 Å². The first-order valence-electron chi connectivity index (χ1n) is 4.34. The number of aliphatic hydroxyl groups is 1. The van der Waals surface area contributed by atoms with E-state index < -0.39 is 19.7 Å². The number of ether oxygens (including phenoxy) is 1. The van der Waals surface area contributed by atoms with Gasteiger partial charge in [-0.1, -0.05) is 0 Å². The first kappa shape index (κ1) is 12.7. The van der Waals surface area contributed by atoms with Gasteiger partial charge in [-0.05, 0) is 0 Å². The number of nitrogens with zero attached hydrogens (tertiary/aromatic N) is 2. The van der Waals surface area contributed by atoms with Crippen molar-refractivity contribution >= 4 is 13.7 Å². The van der Waals surface area contributed by atoms with Crippen molar-refractivity contribution in [2.45, 2.75) is 12.6 Å². The third-order valence-corrected chi connectivity index (χ3v) is 1.94. The molecule has 0 fully saturated rings. The van der Waals surface area contributed by atoms with Crippen molar-refractivity contribution in [3.05, 3.63) is 22.7 Å². The van der Waals surface area contributed by atoms with Gasteiger partial charge in [0.2, 0.25) is 0 Å². The zero-order valence-corrected chi connectivity index (χ0v) is 9.13. The third-order valence-electron chi connectivity index (χ3n) is 1.76. The Kier molecular flexibility index (Phi) is 4.95. The van der Waals surface area contributed by atoms with Gasteiger partial charge >= 0.3 is 91.2 Å². The van der Waals surface area contributed by atoms with Crippen LogP contribution in [0.1, 0.15) is 0 Å². The van der Waals surface area contributed by atoms with Gasteiger partial charge in [-0.2, -0.15) is 0 Å². The van der Waals surface area contributed by atoms with Gasteiger partial charge in [-0.25, -0.2) is 0 Å². The predicted octanol–water partition coefficient (Wildman–Crippen LogP) is -0.589. The van der Waals surface area contributed by atoms with Gasteiger partial charge in [0, 0.05) is 0 Å². The average molecular weight is 243 g/mol. The molecule has 0 aliphatic carbocycles. The molecule has 0 spiro atoms. The molecule has 0 amide bonds. The number of nitrogen functional groups attached to an aromatic ring is 1. The van der Waals surface area contributed by atoms with Crippen LogP contribution in [0, 0.1) is 5.81 Å². The summed E-state index contributed by atoms with van der Waals surface area (Å²) < 4.78 is 16.1. The number of aliphatic hydroxyl groups excluding tert-OH is 1. The van der Waals surface area contributed by atoms with Crippen LogP contribution in [0.15, 0.2) is 17.1 Å². The summed E-state index contributed by atoms with van der Waals surface area (Å²) in [4.78, 5) is 14.8. The Balaban J connectivity index is 2.80. The van der Waals surface area contributed by atoms with E-state index in [9.17, 15) is 9.36 Å². The van der Waals surface area contributed by atoms with Crippen molar-refractivity contribution < 1.29 is 14.4 Å². The van der Waals surface area contributed by atoms with Gasteiger partial charge in [0.15, 0.2) is 0 Å². The molecule has 1 aromatic rings. The van der Waals surface area contributed by atoms with Crippen LogP contribution in [-0.2, 0) is 15.8 Å². The first-order chi connectivity index (χ1) is 7.67. The molecular formula is C8H10N3O4P. The van der Waals surface area contributed by atoms with Crippen molar-refractivity contribution in [3.8, 4) is 5.81 Å². The molecule has 0 saturated carbocycles. The molecule has 7 nitrogen and oxygen atoms in total. The van der Waals surface area contributed by atoms with Gasteiger partial charge < -0.3 is 0 Å². The number of nitrogens with two attached hydrogens (primary N) is 1. The second-order valence-corrected chi connectivity index (χ2v) is 3.26. The number of hydrogen-bond acceptors (Lipinski definition) is 6. The molecule has 0 unspecified atom stereocenters. The minimum atomic E-state index is -0.704. The van der Waals surface area contributed by atoms with Gasteiger partial charge in [0.1, 0.15) is 0 Å². The van der Waals surface area contributed by atoms with E-state index >= 15 is 0 Å². The maximum atomic E-state index is 11.3. The van der Waals surface area contributed by atoms with Crippen molar-refractivity contribution in [1.82, 2.24) is 9.55 Å². The van der Waals surface area contributed by atoms with Crippen LogP contribution in [0.2, 0.25) is 0 Å². The fraction of sp³-hybridized carbons (Fsp3) is 0.375. The molecule has 1 atom stereocenters. The summed E-state index contributed by atoms with van der Waals surface area (Å²) in [6.07, 6.45) is 0.732. The third kappa shape index (κ3) is 3.64. The SMILES string of the molecule is Nc1ccn(C[C@@H](CO)OC#P=O)c(=O)n1. The van der Waals surface area contributed by atoms with E-state index in [1.807, 2.05) is 5.81 Å². The second kappa shape index (κ2) is 6.25. The van der Waals surface area contributed by atoms with Crippen molar-refractivity contribution in [2.24, 2.45) is 0 Å². The zero-order valence-electron chi connectivity index (χ0n) is 8.24. The predicted molar refractivity (Wildman–Crippen MR) is 56.4 cm³/mol. The van der Waals surface area contributed by atoms with Crippen LogP contribution in [0.5, 0.6) is 0 Å². The molecule has 16 heavy (non-hydrogen) atoms. The van der Waals surface area contributed by atoms with Crippen molar-refractivity contribution in [2.75, 3.05) is 12.3 Å². The average Bonchev–Trinajstić information content (AvgIpc) is 2.27. The molecule has 0 bridgehead atoms. The molecule has 8 heteroatoms. The monoisotopic (exact) mass is 243 g/mol. The zero-order chi connectivity index (χ0) is 12.0. The molecule has 1 heterocycles. The summed E-state index contributed by atoms with van der Waals surface area (Å²) in [6, 6.07) is 1.45. The van der Waals surface area contributed by atoms with Crippen LogP contribution >= 0.6 is 7.92 Å². The Bertz CT molecular complexity index is 509. The van der Waals surface area contributed by atoms with Crippen LogP contribution in [-0.4, -0.2) is 27.4 Å². The quantitative estimate of drug-likeness (QED) is 0.684. The normalized spacial score (nSPS) is 11.8. The summed E-state index contributed by atoms with van der Waals surface area (Å²) in [7, 11) is -0.420. The van der Waals surface area contributed by atoms with Crippen molar-refractivity contribution in [1.29, 1.82) is 0 Å². The van der Waals surface area contributed by atoms with E-state index in [2.05, 4.69) is 4.98 Å². The molecule has 0 aliphatic heterocycles. The molecule has 0 radical (unpaired) electrons. The summed E-state index contributed by atoms with van der Waals surface area (Å²) in [5.74, 6) is 2.17. The van der Waals surface area contributed by atoms with E-state index in [4.69, 9.17) is 15.6 Å². The standard InChI is InChI=1S/C8H10N3O4P/c9-7-1-2-11(8(13)10-7)3-6(4-12)15-5-16-14/h1-2,6,12H,3-4H2,(H2,9,10,13)/t6-/m0/s1. The molecule has 1 aromatic heterocycles. The molecule has 0 aliphatic rings. The molecule has 0 saturated heterocycles. The molecule has 3 N–H and O–H groups in total. The number of hydrogen-bond donors (Lipinski definition) is 2. The first-order valence-corrected chi connectivity index (χ1v) is 5.15. The Morgan fingerprint density at radius 3 is 3.06 bits per heavy atom. The van der Waals surface area contributed by atoms with Gasteiger partial charge in [-0.3, -0.25) is 0 Å². The van der Waals surface area contributed by atoms with E-state index in [0.29, 0.717) is 0 Å². The van der Waals surface area contributed by atoms with E-state index in [-0.39, 0.29) is 19.0 Å². The topological polar surface area (TPSA) is 107 Å². The van der Waals surface area contributed by atoms with Crippen LogP contribution in [0.25, 0.3) is 0 Å². The summed E-state index contributed by atoms with van der Waals surface area (Å²) >= 11 is 0. The number of aromatic nitrogens is 2. The molecular weight excluding hydrogens is 233 g/mol. The van der Waals surface area contributed by atoms with E-state index in [0.717, 1.165) is 0 Å². The Hall–Kier alpha value is -1.39. The maximum absolute atomic E-state index is 11.3. The van der Waals surface area contributed by atoms with Crippen LogP contribution in [0.3, 0.4) is 0 Å². The van der Waals surface area contributed by atoms with E-state index in [1.165, 1.54) is 16.8 Å². The Morgan fingerprint density at radius 1 is 1.75 bits per heavy atom. The van der Waals surface area contributed by atoms with Crippen LogP contribution < -0.4 is 11.4 Å². The Morgan fingerprint density at radius 2 is 2.50 bits per heavy atom. The molecule has 1 rings (SSSR count). The Labute approximate surface area is 92.0 Å². The number of anilines is 1. The van der Waals surface area contributed by atoms with Crippen molar-refractivity contribution in [3.63, 3.8) is 0 Å². The molecule has 0 aromatic carbocycles. The van der Waals surface area contributed by atoms with Gasteiger partial charge in [0.05, 0.1) is 0 Å². The van der Waals surface area contributed by atoms with E-state index in [1.54, 1.807) is 0 Å². The number of rotatable bonds is 4. The summed E-state index contributed by atoms with van der Waals surface area (Å²) in [5, 5.41) is 8.93. The summed E-state index contributed by atoms with van der Waals surface area (Å²) in [5.41, 5.74) is 4.77. The fourth-order valence-corrected chi connectivity index (χ4v) is 1.22. The van der Waals surface area contributed by atoms with Gasteiger partial charge in [-0.15, -0.1) is 0 Å². The summed E-state index contributed by atoms with van der Waals surface area (Å²) in [6.45, 7) is -0.259. The second-order valence-electron chi connectivity index (χ2n) is 2.89. The van der Waals surface area contributed by atoms with Gasteiger partial charge in [0.25, 0.3) is 0 Å².